The molecule has 2 aromatic carbocycles. The Kier molecular flexibility index (Phi) is 5.95. The van der Waals surface area contributed by atoms with E-state index in [9.17, 15) is 4.79 Å². The number of benzene rings is 2. The van der Waals surface area contributed by atoms with Crippen LogP contribution < -0.4 is 4.90 Å². The Morgan fingerprint density at radius 2 is 1.67 bits per heavy atom. The van der Waals surface area contributed by atoms with Gasteiger partial charge in [-0.3, -0.25) is 4.79 Å². The molecule has 0 saturated carbocycles. The second-order valence-corrected chi connectivity index (χ2v) is 5.76. The first kappa shape index (κ1) is 17.5. The zero-order chi connectivity index (χ0) is 17.5. The van der Waals surface area contributed by atoms with Crippen molar-refractivity contribution >= 4 is 17.8 Å². The first-order valence-electron chi connectivity index (χ1n) is 7.69. The zero-order valence-corrected chi connectivity index (χ0v) is 14.6. The molecule has 0 atom stereocenters. The lowest BCUT2D eigenvalue weighted by Crippen LogP contribution is -2.26. The van der Waals surface area contributed by atoms with Crippen LogP contribution in [0.3, 0.4) is 0 Å². The highest BCUT2D eigenvalue weighted by molar-refractivity contribution is 5.94. The lowest BCUT2D eigenvalue weighted by molar-refractivity contribution is 0.0785. The molecular weight excluding hydrogens is 302 g/mol. The highest BCUT2D eigenvalue weighted by Gasteiger charge is 2.12. The molecule has 0 aliphatic carbocycles. The largest absolute Gasteiger partial charge is 0.399 e. The SMILES string of the molecule is CO/N=C/c1ccc(C(=O)N(C)Cc2ccc(N(C)C)cc2)cc1. The summed E-state index contributed by atoms with van der Waals surface area (Å²) in [4.78, 5) is 20.9. The van der Waals surface area contributed by atoms with Gasteiger partial charge < -0.3 is 14.6 Å². The maximum atomic E-state index is 12.5. The maximum Gasteiger partial charge on any atom is 0.253 e. The van der Waals surface area contributed by atoms with Crippen molar-refractivity contribution < 1.29 is 9.63 Å². The fourth-order valence-corrected chi connectivity index (χ4v) is 2.29. The third-order valence-electron chi connectivity index (χ3n) is 3.68. The number of oxime groups is 1. The predicted octanol–water partition coefficient (Wildman–Crippen LogP) is 3.01. The average Bonchev–Trinajstić information content (AvgIpc) is 2.60. The van der Waals surface area contributed by atoms with E-state index in [2.05, 4.69) is 22.1 Å². The molecule has 0 heterocycles. The fourth-order valence-electron chi connectivity index (χ4n) is 2.29. The number of amides is 1. The minimum atomic E-state index is -0.0121. The second-order valence-electron chi connectivity index (χ2n) is 5.76. The van der Waals surface area contributed by atoms with E-state index in [1.165, 1.54) is 7.11 Å². The fraction of sp³-hybridized carbons (Fsp3) is 0.263. The van der Waals surface area contributed by atoms with Crippen LogP contribution in [-0.4, -0.2) is 45.3 Å². The van der Waals surface area contributed by atoms with Crippen LogP contribution in [0.15, 0.2) is 53.7 Å². The second kappa shape index (κ2) is 8.15. The van der Waals surface area contributed by atoms with Gasteiger partial charge >= 0.3 is 0 Å². The third-order valence-corrected chi connectivity index (χ3v) is 3.68. The van der Waals surface area contributed by atoms with E-state index in [4.69, 9.17) is 0 Å². The molecule has 0 aliphatic heterocycles. The van der Waals surface area contributed by atoms with Crippen LogP contribution in [0.25, 0.3) is 0 Å². The number of hydrogen-bond donors (Lipinski definition) is 0. The summed E-state index contributed by atoms with van der Waals surface area (Å²) in [6, 6.07) is 15.5. The normalized spacial score (nSPS) is 10.7. The minimum absolute atomic E-state index is 0.0121. The van der Waals surface area contributed by atoms with E-state index in [1.54, 1.807) is 23.2 Å². The van der Waals surface area contributed by atoms with Gasteiger partial charge in [0.1, 0.15) is 7.11 Å². The monoisotopic (exact) mass is 325 g/mol. The highest BCUT2D eigenvalue weighted by atomic mass is 16.6. The van der Waals surface area contributed by atoms with E-state index in [-0.39, 0.29) is 5.91 Å². The number of anilines is 1. The van der Waals surface area contributed by atoms with Crippen molar-refractivity contribution in [2.24, 2.45) is 5.16 Å². The van der Waals surface area contributed by atoms with Gasteiger partial charge in [-0.05, 0) is 35.4 Å². The van der Waals surface area contributed by atoms with Crippen LogP contribution in [-0.2, 0) is 11.4 Å². The van der Waals surface area contributed by atoms with Crippen LogP contribution in [0.1, 0.15) is 21.5 Å². The smallest absolute Gasteiger partial charge is 0.253 e. The summed E-state index contributed by atoms with van der Waals surface area (Å²) in [6.07, 6.45) is 1.60. The molecule has 0 saturated heterocycles. The Balaban J connectivity index is 2.02. The van der Waals surface area contributed by atoms with E-state index >= 15 is 0 Å². The molecule has 0 radical (unpaired) electrons. The number of carbonyl (C=O) groups is 1. The van der Waals surface area contributed by atoms with Crippen molar-refractivity contribution in [2.75, 3.05) is 33.2 Å². The van der Waals surface area contributed by atoms with Crippen LogP contribution >= 0.6 is 0 Å². The van der Waals surface area contributed by atoms with Gasteiger partial charge in [-0.2, -0.15) is 0 Å². The lowest BCUT2D eigenvalue weighted by Gasteiger charge is -2.18. The Bertz CT molecular complexity index is 692. The standard InChI is InChI=1S/C19H23N3O2/c1-21(2)18-11-7-16(8-12-18)14-22(3)19(23)17-9-5-15(6-10-17)13-20-24-4/h5-13H,14H2,1-4H3/b20-13+. The molecule has 2 aromatic rings. The van der Waals surface area contributed by atoms with Gasteiger partial charge in [0, 0.05) is 38.9 Å². The number of nitrogens with zero attached hydrogens (tertiary/aromatic N) is 3. The van der Waals surface area contributed by atoms with Gasteiger partial charge in [0.2, 0.25) is 0 Å². The summed E-state index contributed by atoms with van der Waals surface area (Å²) in [5, 5.41) is 3.70. The topological polar surface area (TPSA) is 45.1 Å². The van der Waals surface area contributed by atoms with Crippen molar-refractivity contribution in [3.63, 3.8) is 0 Å². The molecule has 5 heteroatoms. The molecule has 2 rings (SSSR count). The van der Waals surface area contributed by atoms with Gasteiger partial charge in [-0.25, -0.2) is 0 Å². The Hall–Kier alpha value is -2.82. The Morgan fingerprint density at radius 3 is 2.21 bits per heavy atom. The summed E-state index contributed by atoms with van der Waals surface area (Å²) in [7, 11) is 7.31. The minimum Gasteiger partial charge on any atom is -0.399 e. The van der Waals surface area contributed by atoms with E-state index in [0.29, 0.717) is 12.1 Å². The quantitative estimate of drug-likeness (QED) is 0.606. The lowest BCUT2D eigenvalue weighted by atomic mass is 10.1. The van der Waals surface area contributed by atoms with Crippen LogP contribution in [0, 0.1) is 0 Å². The molecule has 5 nitrogen and oxygen atoms in total. The molecule has 126 valence electrons. The maximum absolute atomic E-state index is 12.5. The van der Waals surface area contributed by atoms with Gasteiger partial charge in [-0.15, -0.1) is 0 Å². The molecule has 24 heavy (non-hydrogen) atoms. The van der Waals surface area contributed by atoms with Gasteiger partial charge in [-0.1, -0.05) is 29.4 Å². The van der Waals surface area contributed by atoms with E-state index < -0.39 is 0 Å². The first-order valence-corrected chi connectivity index (χ1v) is 7.69. The summed E-state index contributed by atoms with van der Waals surface area (Å²) in [6.45, 7) is 0.569. The zero-order valence-electron chi connectivity index (χ0n) is 14.6. The molecule has 0 spiro atoms. The summed E-state index contributed by atoms with van der Waals surface area (Å²) in [5.74, 6) is -0.0121. The first-order chi connectivity index (χ1) is 11.5. The highest BCUT2D eigenvalue weighted by Crippen LogP contribution is 2.14. The van der Waals surface area contributed by atoms with Gasteiger partial charge in [0.05, 0.1) is 6.21 Å². The summed E-state index contributed by atoms with van der Waals surface area (Å²) >= 11 is 0. The molecule has 0 fully saturated rings. The van der Waals surface area contributed by atoms with Crippen LogP contribution in [0.4, 0.5) is 5.69 Å². The van der Waals surface area contributed by atoms with Crippen molar-refractivity contribution in [1.82, 2.24) is 4.90 Å². The van der Waals surface area contributed by atoms with Gasteiger partial charge in [0.15, 0.2) is 0 Å². The Morgan fingerprint density at radius 1 is 1.04 bits per heavy atom. The predicted molar refractivity (Wildman–Crippen MR) is 97.6 cm³/mol. The van der Waals surface area contributed by atoms with Crippen molar-refractivity contribution in [3.05, 3.63) is 65.2 Å². The third kappa shape index (κ3) is 4.59. The summed E-state index contributed by atoms with van der Waals surface area (Å²) in [5.41, 5.74) is 3.77. The van der Waals surface area contributed by atoms with E-state index in [1.807, 2.05) is 50.3 Å². The molecule has 0 bridgehead atoms. The average molecular weight is 325 g/mol. The number of rotatable bonds is 6. The van der Waals surface area contributed by atoms with Gasteiger partial charge in [0.25, 0.3) is 5.91 Å². The molecule has 0 aromatic heterocycles. The van der Waals surface area contributed by atoms with Crippen molar-refractivity contribution in [2.45, 2.75) is 6.54 Å². The molecular formula is C19H23N3O2. The number of carbonyl (C=O) groups excluding carboxylic acids is 1. The van der Waals surface area contributed by atoms with Crippen LogP contribution in [0.2, 0.25) is 0 Å². The Labute approximate surface area is 143 Å². The van der Waals surface area contributed by atoms with Crippen molar-refractivity contribution in [1.29, 1.82) is 0 Å². The summed E-state index contributed by atoms with van der Waals surface area (Å²) < 4.78 is 0. The van der Waals surface area contributed by atoms with Crippen LogP contribution in [0.5, 0.6) is 0 Å². The molecule has 1 amide bonds. The molecule has 0 unspecified atom stereocenters. The van der Waals surface area contributed by atoms with E-state index in [0.717, 1.165) is 16.8 Å². The number of hydrogen-bond acceptors (Lipinski definition) is 4. The molecule has 0 aliphatic rings. The molecule has 0 N–H and O–H groups in total. The van der Waals surface area contributed by atoms with Crippen molar-refractivity contribution in [3.8, 4) is 0 Å².